The Hall–Kier alpha value is -2.73. The Labute approximate surface area is 143 Å². The van der Waals surface area contributed by atoms with Crippen LogP contribution in [-0.2, 0) is 6.61 Å². The highest BCUT2D eigenvalue weighted by Crippen LogP contribution is 2.31. The van der Waals surface area contributed by atoms with Gasteiger partial charge in [0, 0.05) is 0 Å². The van der Waals surface area contributed by atoms with E-state index in [-0.39, 0.29) is 5.78 Å². The lowest BCUT2D eigenvalue weighted by Crippen LogP contribution is -2.26. The quantitative estimate of drug-likeness (QED) is 0.577. The van der Waals surface area contributed by atoms with E-state index in [4.69, 9.17) is 15.9 Å². The summed E-state index contributed by atoms with van der Waals surface area (Å²) in [5.74, 6) is 3.62. The Balaban J connectivity index is 2.29. The molecule has 0 aliphatic rings. The Morgan fingerprint density at radius 3 is 2.42 bits per heavy atom. The van der Waals surface area contributed by atoms with Gasteiger partial charge in [-0.05, 0) is 51.0 Å². The SMILES string of the molecule is C#CC(C)(C)Oc1cc(C)c(OCc2ccccc2)cc1C(C)=O. The Bertz CT molecular complexity index is 768. The molecule has 0 heterocycles. The first-order chi connectivity index (χ1) is 11.3. The van der Waals surface area contributed by atoms with Gasteiger partial charge in [0.2, 0.25) is 0 Å². The summed E-state index contributed by atoms with van der Waals surface area (Å²) in [4.78, 5) is 12.0. The number of rotatable bonds is 6. The van der Waals surface area contributed by atoms with Gasteiger partial charge < -0.3 is 9.47 Å². The van der Waals surface area contributed by atoms with Crippen LogP contribution in [0.4, 0.5) is 0 Å². The second kappa shape index (κ2) is 7.23. The summed E-state index contributed by atoms with van der Waals surface area (Å²) in [5, 5.41) is 0. The maximum absolute atomic E-state index is 12.0. The van der Waals surface area contributed by atoms with E-state index in [0.717, 1.165) is 11.1 Å². The molecule has 24 heavy (non-hydrogen) atoms. The lowest BCUT2D eigenvalue weighted by Gasteiger charge is -2.23. The number of ether oxygens (including phenoxy) is 2. The van der Waals surface area contributed by atoms with Crippen LogP contribution < -0.4 is 9.47 Å². The minimum absolute atomic E-state index is 0.0950. The van der Waals surface area contributed by atoms with Crippen LogP contribution in [0.3, 0.4) is 0 Å². The van der Waals surface area contributed by atoms with Crippen LogP contribution in [0.5, 0.6) is 11.5 Å². The molecular weight excluding hydrogens is 300 g/mol. The van der Waals surface area contributed by atoms with Crippen molar-refractivity contribution < 1.29 is 14.3 Å². The number of carbonyl (C=O) groups is 1. The van der Waals surface area contributed by atoms with Crippen molar-refractivity contribution in [2.75, 3.05) is 0 Å². The maximum atomic E-state index is 12.0. The molecule has 0 bridgehead atoms. The third-order valence-corrected chi connectivity index (χ3v) is 3.61. The topological polar surface area (TPSA) is 35.5 Å². The van der Waals surface area contributed by atoms with E-state index < -0.39 is 5.60 Å². The number of hydrogen-bond acceptors (Lipinski definition) is 3. The number of benzene rings is 2. The first-order valence-corrected chi connectivity index (χ1v) is 7.81. The largest absolute Gasteiger partial charge is 0.489 e. The molecule has 2 aromatic rings. The zero-order valence-electron chi connectivity index (χ0n) is 14.6. The van der Waals surface area contributed by atoms with Gasteiger partial charge in [-0.3, -0.25) is 4.79 Å². The Morgan fingerprint density at radius 1 is 1.17 bits per heavy atom. The van der Waals surface area contributed by atoms with Gasteiger partial charge in [0.05, 0.1) is 5.56 Å². The van der Waals surface area contributed by atoms with Crippen molar-refractivity contribution in [2.45, 2.75) is 39.9 Å². The molecule has 0 saturated heterocycles. The lowest BCUT2D eigenvalue weighted by atomic mass is 10.1. The predicted octanol–water partition coefficient (Wildman–Crippen LogP) is 4.57. The van der Waals surface area contributed by atoms with E-state index in [1.807, 2.05) is 37.3 Å². The van der Waals surface area contributed by atoms with Crippen LogP contribution in [0.2, 0.25) is 0 Å². The second-order valence-corrected chi connectivity index (χ2v) is 6.20. The van der Waals surface area contributed by atoms with Crippen molar-refractivity contribution in [3.63, 3.8) is 0 Å². The molecule has 0 spiro atoms. The Kier molecular flexibility index (Phi) is 5.31. The molecule has 124 valence electrons. The normalized spacial score (nSPS) is 10.8. The summed E-state index contributed by atoms with van der Waals surface area (Å²) in [6.07, 6.45) is 5.48. The predicted molar refractivity (Wildman–Crippen MR) is 95.5 cm³/mol. The molecule has 0 atom stereocenters. The smallest absolute Gasteiger partial charge is 0.163 e. The van der Waals surface area contributed by atoms with Gasteiger partial charge in [-0.15, -0.1) is 6.42 Å². The fourth-order valence-corrected chi connectivity index (χ4v) is 2.22. The summed E-state index contributed by atoms with van der Waals surface area (Å²) in [6.45, 7) is 7.43. The van der Waals surface area contributed by atoms with E-state index in [1.54, 1.807) is 26.0 Å². The average molecular weight is 322 g/mol. The second-order valence-electron chi connectivity index (χ2n) is 6.20. The van der Waals surface area contributed by atoms with Crippen LogP contribution in [0.15, 0.2) is 42.5 Å². The molecule has 3 nitrogen and oxygen atoms in total. The number of carbonyl (C=O) groups excluding carboxylic acids is 1. The highest BCUT2D eigenvalue weighted by Gasteiger charge is 2.21. The van der Waals surface area contributed by atoms with Crippen molar-refractivity contribution >= 4 is 5.78 Å². The lowest BCUT2D eigenvalue weighted by molar-refractivity contribution is 0.100. The molecule has 0 aliphatic carbocycles. The van der Waals surface area contributed by atoms with Gasteiger partial charge in [-0.1, -0.05) is 36.3 Å². The highest BCUT2D eigenvalue weighted by atomic mass is 16.5. The molecular formula is C21H22O3. The van der Waals surface area contributed by atoms with Crippen LogP contribution in [0.1, 0.15) is 42.3 Å². The van der Waals surface area contributed by atoms with E-state index in [9.17, 15) is 4.79 Å². The summed E-state index contributed by atoms with van der Waals surface area (Å²) in [5.41, 5.74) is 1.63. The molecule has 0 aromatic heterocycles. The summed E-state index contributed by atoms with van der Waals surface area (Å²) >= 11 is 0. The van der Waals surface area contributed by atoms with Crippen LogP contribution in [0, 0.1) is 19.3 Å². The van der Waals surface area contributed by atoms with Gasteiger partial charge in [0.25, 0.3) is 0 Å². The first kappa shape index (κ1) is 17.6. The van der Waals surface area contributed by atoms with Crippen molar-refractivity contribution in [2.24, 2.45) is 0 Å². The number of Topliss-reactive ketones (excluding diaryl/α,β-unsaturated/α-hetero) is 1. The number of terminal acetylenes is 1. The molecule has 2 rings (SSSR count). The molecule has 0 N–H and O–H groups in total. The van der Waals surface area contributed by atoms with Crippen LogP contribution >= 0.6 is 0 Å². The fraction of sp³-hybridized carbons (Fsp3) is 0.286. The molecule has 0 saturated carbocycles. The summed E-state index contributed by atoms with van der Waals surface area (Å²) in [6, 6.07) is 13.4. The Morgan fingerprint density at radius 2 is 1.83 bits per heavy atom. The van der Waals surface area contributed by atoms with Gasteiger partial charge in [-0.25, -0.2) is 0 Å². The highest BCUT2D eigenvalue weighted by molar-refractivity contribution is 5.97. The minimum atomic E-state index is -0.789. The van der Waals surface area contributed by atoms with Crippen molar-refractivity contribution in [1.82, 2.24) is 0 Å². The van der Waals surface area contributed by atoms with Crippen LogP contribution in [-0.4, -0.2) is 11.4 Å². The van der Waals surface area contributed by atoms with E-state index >= 15 is 0 Å². The molecule has 0 unspecified atom stereocenters. The van der Waals surface area contributed by atoms with Gasteiger partial charge in [0.15, 0.2) is 11.4 Å². The van der Waals surface area contributed by atoms with Gasteiger partial charge in [-0.2, -0.15) is 0 Å². The van der Waals surface area contributed by atoms with Gasteiger partial charge in [0.1, 0.15) is 18.1 Å². The standard InChI is InChI=1S/C21H22O3/c1-6-21(4,5)24-20-12-15(2)19(13-18(20)16(3)22)23-14-17-10-8-7-9-11-17/h1,7-13H,14H2,2-5H3. The molecule has 0 aliphatic heterocycles. The third kappa shape index (κ3) is 4.39. The number of aryl methyl sites for hydroxylation is 1. The molecule has 0 radical (unpaired) electrons. The molecule has 0 amide bonds. The van der Waals surface area contributed by atoms with Crippen molar-refractivity contribution in [1.29, 1.82) is 0 Å². The van der Waals surface area contributed by atoms with Crippen LogP contribution in [0.25, 0.3) is 0 Å². The average Bonchev–Trinajstić information content (AvgIpc) is 2.54. The number of ketones is 1. The van der Waals surface area contributed by atoms with E-state index in [0.29, 0.717) is 23.7 Å². The third-order valence-electron chi connectivity index (χ3n) is 3.61. The molecule has 3 heteroatoms. The van der Waals surface area contributed by atoms with Crippen molar-refractivity contribution in [3.8, 4) is 23.8 Å². The minimum Gasteiger partial charge on any atom is -0.489 e. The first-order valence-electron chi connectivity index (χ1n) is 7.81. The zero-order valence-corrected chi connectivity index (χ0v) is 14.6. The summed E-state index contributed by atoms with van der Waals surface area (Å²) < 4.78 is 11.7. The zero-order chi connectivity index (χ0) is 17.7. The molecule has 2 aromatic carbocycles. The van der Waals surface area contributed by atoms with Crippen molar-refractivity contribution in [3.05, 3.63) is 59.2 Å². The number of hydrogen-bond donors (Lipinski definition) is 0. The van der Waals surface area contributed by atoms with Gasteiger partial charge >= 0.3 is 0 Å². The molecule has 0 fully saturated rings. The monoisotopic (exact) mass is 322 g/mol. The fourth-order valence-electron chi connectivity index (χ4n) is 2.22. The summed E-state index contributed by atoms with van der Waals surface area (Å²) in [7, 11) is 0. The van der Waals surface area contributed by atoms with E-state index in [2.05, 4.69) is 5.92 Å². The maximum Gasteiger partial charge on any atom is 0.163 e. The van der Waals surface area contributed by atoms with E-state index in [1.165, 1.54) is 6.92 Å².